The van der Waals surface area contributed by atoms with Crippen molar-refractivity contribution in [3.63, 3.8) is 0 Å². The highest BCUT2D eigenvalue weighted by Crippen LogP contribution is 2.29. The van der Waals surface area contributed by atoms with Crippen LogP contribution in [-0.4, -0.2) is 25.9 Å². The number of benzene rings is 2. The summed E-state index contributed by atoms with van der Waals surface area (Å²) in [5, 5.41) is 2.86. The summed E-state index contributed by atoms with van der Waals surface area (Å²) in [6.45, 7) is 0. The average molecular weight is 396 g/mol. The third kappa shape index (κ3) is 5.18. The highest BCUT2D eigenvalue weighted by Gasteiger charge is 2.08. The van der Waals surface area contributed by atoms with Crippen LogP contribution in [0, 0.1) is 0 Å². The Bertz CT molecular complexity index is 679. The summed E-state index contributed by atoms with van der Waals surface area (Å²) in [6, 6.07) is 13.3. The van der Waals surface area contributed by atoms with Crippen molar-refractivity contribution in [1.29, 1.82) is 0 Å². The van der Waals surface area contributed by atoms with E-state index in [1.165, 1.54) is 5.56 Å². The minimum Gasteiger partial charge on any atom is -0.493 e. The molecule has 2 aromatic carbocycles. The molecule has 0 atom stereocenters. The van der Waals surface area contributed by atoms with Crippen LogP contribution in [0.15, 0.2) is 46.9 Å². The smallest absolute Gasteiger partial charge is 0.234 e. The average Bonchev–Trinajstić information content (AvgIpc) is 2.56. The van der Waals surface area contributed by atoms with Crippen molar-refractivity contribution in [1.82, 2.24) is 0 Å². The van der Waals surface area contributed by atoms with Crippen molar-refractivity contribution in [3.8, 4) is 11.5 Å². The Hall–Kier alpha value is -1.66. The molecule has 0 heterocycles. The predicted octanol–water partition coefficient (Wildman–Crippen LogP) is 4.34. The van der Waals surface area contributed by atoms with Crippen LogP contribution in [0.3, 0.4) is 0 Å². The topological polar surface area (TPSA) is 47.6 Å². The first kappa shape index (κ1) is 17.7. The van der Waals surface area contributed by atoms with E-state index in [1.54, 1.807) is 44.2 Å². The van der Waals surface area contributed by atoms with E-state index in [9.17, 15) is 4.79 Å². The standard InChI is InChI=1S/C17H18BrNO3S/c1-21-15-8-7-13(9-16(15)22-2)19-17(20)11-23-10-12-5-3-4-6-14(12)18/h3-9H,10-11H2,1-2H3,(H,19,20). The van der Waals surface area contributed by atoms with Crippen molar-refractivity contribution in [2.24, 2.45) is 0 Å². The summed E-state index contributed by atoms with van der Waals surface area (Å²) in [7, 11) is 3.14. The van der Waals surface area contributed by atoms with Gasteiger partial charge in [0.15, 0.2) is 11.5 Å². The Balaban J connectivity index is 1.86. The number of halogens is 1. The molecule has 23 heavy (non-hydrogen) atoms. The number of amides is 1. The molecule has 2 rings (SSSR count). The molecular weight excluding hydrogens is 378 g/mol. The van der Waals surface area contributed by atoms with Crippen molar-refractivity contribution >= 4 is 39.3 Å². The molecule has 0 aromatic heterocycles. The lowest BCUT2D eigenvalue weighted by Crippen LogP contribution is -2.14. The zero-order chi connectivity index (χ0) is 16.7. The van der Waals surface area contributed by atoms with E-state index in [0.717, 1.165) is 10.2 Å². The van der Waals surface area contributed by atoms with Gasteiger partial charge in [-0.2, -0.15) is 0 Å². The van der Waals surface area contributed by atoms with E-state index < -0.39 is 0 Å². The number of methoxy groups -OCH3 is 2. The van der Waals surface area contributed by atoms with E-state index in [4.69, 9.17) is 9.47 Å². The van der Waals surface area contributed by atoms with Gasteiger partial charge in [-0.1, -0.05) is 34.1 Å². The lowest BCUT2D eigenvalue weighted by atomic mass is 10.2. The van der Waals surface area contributed by atoms with Gasteiger partial charge in [0, 0.05) is 22.0 Å². The van der Waals surface area contributed by atoms with Crippen molar-refractivity contribution in [2.45, 2.75) is 5.75 Å². The molecule has 0 bridgehead atoms. The third-order valence-electron chi connectivity index (χ3n) is 3.12. The van der Waals surface area contributed by atoms with Crippen LogP contribution in [-0.2, 0) is 10.5 Å². The molecule has 0 aliphatic rings. The molecule has 1 N–H and O–H groups in total. The van der Waals surface area contributed by atoms with Crippen LogP contribution in [0.25, 0.3) is 0 Å². The summed E-state index contributed by atoms with van der Waals surface area (Å²) < 4.78 is 11.5. The fourth-order valence-corrected chi connectivity index (χ4v) is 3.42. The number of ether oxygens (including phenoxy) is 2. The van der Waals surface area contributed by atoms with E-state index >= 15 is 0 Å². The Morgan fingerprint density at radius 1 is 1.13 bits per heavy atom. The van der Waals surface area contributed by atoms with Gasteiger partial charge in [0.25, 0.3) is 0 Å². The molecule has 0 spiro atoms. The van der Waals surface area contributed by atoms with Gasteiger partial charge >= 0.3 is 0 Å². The van der Waals surface area contributed by atoms with Crippen molar-refractivity contribution in [2.75, 3.05) is 25.3 Å². The first-order chi connectivity index (χ1) is 11.1. The van der Waals surface area contributed by atoms with Gasteiger partial charge in [-0.3, -0.25) is 4.79 Å². The molecule has 0 aliphatic heterocycles. The van der Waals surface area contributed by atoms with Gasteiger partial charge in [0.05, 0.1) is 20.0 Å². The summed E-state index contributed by atoms with van der Waals surface area (Å²) in [5.74, 6) is 2.34. The lowest BCUT2D eigenvalue weighted by Gasteiger charge is -2.10. The molecule has 1 amide bonds. The second kappa shape index (κ2) is 8.84. The Kier molecular flexibility index (Phi) is 6.80. The van der Waals surface area contributed by atoms with Gasteiger partial charge in [0.2, 0.25) is 5.91 Å². The summed E-state index contributed by atoms with van der Waals surface area (Å²) in [5.41, 5.74) is 1.87. The van der Waals surface area contributed by atoms with Gasteiger partial charge in [-0.25, -0.2) is 0 Å². The van der Waals surface area contributed by atoms with Crippen LogP contribution in [0.4, 0.5) is 5.69 Å². The zero-order valence-corrected chi connectivity index (χ0v) is 15.4. The molecule has 0 saturated heterocycles. The first-order valence-corrected chi connectivity index (χ1v) is 8.92. The van der Waals surface area contributed by atoms with Gasteiger partial charge in [-0.15, -0.1) is 11.8 Å². The largest absolute Gasteiger partial charge is 0.493 e. The summed E-state index contributed by atoms with van der Waals surface area (Å²) >= 11 is 5.07. The number of rotatable bonds is 7. The molecule has 0 unspecified atom stereocenters. The van der Waals surface area contributed by atoms with Crippen LogP contribution in [0.1, 0.15) is 5.56 Å². The maximum Gasteiger partial charge on any atom is 0.234 e. The number of hydrogen-bond acceptors (Lipinski definition) is 4. The SMILES string of the molecule is COc1ccc(NC(=O)CSCc2ccccc2Br)cc1OC. The number of thioether (sulfide) groups is 1. The van der Waals surface area contributed by atoms with Crippen LogP contribution >= 0.6 is 27.7 Å². The fraction of sp³-hybridized carbons (Fsp3) is 0.235. The summed E-state index contributed by atoms with van der Waals surface area (Å²) in [6.07, 6.45) is 0. The molecule has 122 valence electrons. The second-order valence-corrected chi connectivity index (χ2v) is 6.54. The van der Waals surface area contributed by atoms with Crippen LogP contribution in [0.2, 0.25) is 0 Å². The number of carbonyl (C=O) groups excluding carboxylic acids is 1. The molecule has 0 saturated carbocycles. The molecule has 0 aliphatic carbocycles. The highest BCUT2D eigenvalue weighted by atomic mass is 79.9. The molecular formula is C17H18BrNO3S. The zero-order valence-electron chi connectivity index (χ0n) is 13.0. The van der Waals surface area contributed by atoms with E-state index in [2.05, 4.69) is 21.2 Å². The minimum absolute atomic E-state index is 0.0470. The van der Waals surface area contributed by atoms with Gasteiger partial charge < -0.3 is 14.8 Å². The quantitative estimate of drug-likeness (QED) is 0.757. The normalized spacial score (nSPS) is 10.2. The number of anilines is 1. The lowest BCUT2D eigenvalue weighted by molar-refractivity contribution is -0.113. The molecule has 2 aromatic rings. The number of nitrogens with one attached hydrogen (secondary N) is 1. The maximum atomic E-state index is 12.0. The predicted molar refractivity (Wildman–Crippen MR) is 98.5 cm³/mol. The Morgan fingerprint density at radius 2 is 1.87 bits per heavy atom. The van der Waals surface area contributed by atoms with E-state index in [1.807, 2.05) is 24.3 Å². The van der Waals surface area contributed by atoms with Crippen molar-refractivity contribution in [3.05, 3.63) is 52.5 Å². The van der Waals surface area contributed by atoms with Gasteiger partial charge in [0.1, 0.15) is 0 Å². The maximum absolute atomic E-state index is 12.0. The van der Waals surface area contributed by atoms with Gasteiger partial charge in [-0.05, 0) is 23.8 Å². The highest BCUT2D eigenvalue weighted by molar-refractivity contribution is 9.10. The Morgan fingerprint density at radius 3 is 2.57 bits per heavy atom. The monoisotopic (exact) mass is 395 g/mol. The fourth-order valence-electron chi connectivity index (χ4n) is 1.98. The second-order valence-electron chi connectivity index (χ2n) is 4.70. The molecule has 6 heteroatoms. The minimum atomic E-state index is -0.0470. The van der Waals surface area contributed by atoms with E-state index in [0.29, 0.717) is 22.9 Å². The summed E-state index contributed by atoms with van der Waals surface area (Å²) in [4.78, 5) is 12.0. The van der Waals surface area contributed by atoms with Crippen molar-refractivity contribution < 1.29 is 14.3 Å². The molecule has 4 nitrogen and oxygen atoms in total. The number of hydrogen-bond donors (Lipinski definition) is 1. The molecule has 0 fully saturated rings. The third-order valence-corrected chi connectivity index (χ3v) is 4.87. The van der Waals surface area contributed by atoms with Crippen LogP contribution in [0.5, 0.6) is 11.5 Å². The van der Waals surface area contributed by atoms with Crippen LogP contribution < -0.4 is 14.8 Å². The molecule has 0 radical (unpaired) electrons. The number of carbonyl (C=O) groups is 1. The van der Waals surface area contributed by atoms with E-state index in [-0.39, 0.29) is 5.91 Å². The first-order valence-electron chi connectivity index (χ1n) is 6.97. The Labute approximate surface area is 148 Å².